The molecule has 0 fully saturated rings. The van der Waals surface area contributed by atoms with Gasteiger partial charge in [-0.2, -0.15) is 0 Å². The molecule has 0 aliphatic carbocycles. The second kappa shape index (κ2) is 7.18. The Morgan fingerprint density at radius 3 is 2.32 bits per heavy atom. The van der Waals surface area contributed by atoms with Crippen LogP contribution in [0.5, 0.6) is 0 Å². The van der Waals surface area contributed by atoms with Crippen LogP contribution in [-0.2, 0) is 15.8 Å². The van der Waals surface area contributed by atoms with Crippen LogP contribution >= 0.6 is 11.3 Å². The zero-order valence-electron chi connectivity index (χ0n) is 13.2. The molecule has 3 N–H and O–H groups in total. The molecule has 0 spiro atoms. The highest BCUT2D eigenvalue weighted by Gasteiger charge is 2.15. The van der Waals surface area contributed by atoms with Gasteiger partial charge in [-0.25, -0.2) is 13.6 Å². The summed E-state index contributed by atoms with van der Waals surface area (Å²) in [6.45, 7) is 0. The highest BCUT2D eigenvalue weighted by molar-refractivity contribution is 7.88. The van der Waals surface area contributed by atoms with Crippen LogP contribution in [0.2, 0.25) is 0 Å². The van der Waals surface area contributed by atoms with Gasteiger partial charge in [0, 0.05) is 11.3 Å². The molecule has 0 atom stereocenters. The fraction of sp³-hybridized carbons (Fsp3) is 0.0556. The Labute approximate surface area is 150 Å². The lowest BCUT2D eigenvalue weighted by Gasteiger charge is -2.07. The molecule has 128 valence electrons. The second-order valence-electron chi connectivity index (χ2n) is 5.49. The van der Waals surface area contributed by atoms with Crippen molar-refractivity contribution in [2.24, 2.45) is 5.14 Å². The molecule has 0 radical (unpaired) electrons. The number of rotatable bonds is 5. The maximum absolute atomic E-state index is 12.6. The summed E-state index contributed by atoms with van der Waals surface area (Å²) >= 11 is 1.37. The maximum Gasteiger partial charge on any atom is 0.266 e. The van der Waals surface area contributed by atoms with E-state index in [9.17, 15) is 13.2 Å². The molecular formula is C18H16N2O3S2. The van der Waals surface area contributed by atoms with Crippen LogP contribution in [-0.4, -0.2) is 14.3 Å². The topological polar surface area (TPSA) is 89.3 Å². The average molecular weight is 372 g/mol. The molecule has 2 aromatic carbocycles. The Hall–Kier alpha value is -2.48. The minimum atomic E-state index is -3.57. The first-order chi connectivity index (χ1) is 11.9. The Bertz CT molecular complexity index is 979. The van der Waals surface area contributed by atoms with E-state index in [-0.39, 0.29) is 11.7 Å². The molecule has 25 heavy (non-hydrogen) atoms. The van der Waals surface area contributed by atoms with Crippen molar-refractivity contribution in [2.45, 2.75) is 5.75 Å². The highest BCUT2D eigenvalue weighted by Crippen LogP contribution is 2.29. The lowest BCUT2D eigenvalue weighted by molar-refractivity contribution is 0.103. The summed E-state index contributed by atoms with van der Waals surface area (Å²) in [5.74, 6) is -0.433. The minimum Gasteiger partial charge on any atom is -0.321 e. The molecule has 1 aromatic heterocycles. The first-order valence-electron chi connectivity index (χ1n) is 7.46. The number of anilines is 1. The van der Waals surface area contributed by atoms with Gasteiger partial charge in [0.15, 0.2) is 0 Å². The Morgan fingerprint density at radius 1 is 1.00 bits per heavy atom. The van der Waals surface area contributed by atoms with Crippen LogP contribution in [0.3, 0.4) is 0 Å². The van der Waals surface area contributed by atoms with Crippen molar-refractivity contribution in [3.05, 3.63) is 76.5 Å². The van der Waals surface area contributed by atoms with Crippen molar-refractivity contribution in [1.82, 2.24) is 0 Å². The van der Waals surface area contributed by atoms with Gasteiger partial charge >= 0.3 is 0 Å². The van der Waals surface area contributed by atoms with Gasteiger partial charge in [0.2, 0.25) is 10.0 Å². The molecule has 1 amide bonds. The summed E-state index contributed by atoms with van der Waals surface area (Å²) < 4.78 is 22.2. The number of benzene rings is 2. The van der Waals surface area contributed by atoms with E-state index < -0.39 is 10.0 Å². The van der Waals surface area contributed by atoms with Gasteiger partial charge in [0.05, 0.1) is 10.6 Å². The molecule has 7 heteroatoms. The van der Waals surface area contributed by atoms with E-state index in [4.69, 9.17) is 5.14 Å². The number of hydrogen-bond donors (Lipinski definition) is 2. The van der Waals surface area contributed by atoms with Crippen molar-refractivity contribution in [3.63, 3.8) is 0 Å². The van der Waals surface area contributed by atoms with Gasteiger partial charge in [-0.15, -0.1) is 11.3 Å². The average Bonchev–Trinajstić information content (AvgIpc) is 3.06. The van der Waals surface area contributed by atoms with E-state index in [1.54, 1.807) is 24.3 Å². The molecular weight excluding hydrogens is 356 g/mol. The largest absolute Gasteiger partial charge is 0.321 e. The van der Waals surface area contributed by atoms with Crippen molar-refractivity contribution in [3.8, 4) is 11.1 Å². The third kappa shape index (κ3) is 4.54. The number of hydrogen-bond acceptors (Lipinski definition) is 4. The van der Waals surface area contributed by atoms with E-state index in [2.05, 4.69) is 5.32 Å². The van der Waals surface area contributed by atoms with Gasteiger partial charge in [-0.3, -0.25) is 4.79 Å². The molecule has 5 nitrogen and oxygen atoms in total. The number of nitrogens with two attached hydrogens (primary N) is 1. The zero-order valence-corrected chi connectivity index (χ0v) is 14.8. The van der Waals surface area contributed by atoms with Crippen molar-refractivity contribution >= 4 is 33.0 Å². The number of amides is 1. The predicted molar refractivity (Wildman–Crippen MR) is 101 cm³/mol. The van der Waals surface area contributed by atoms with Gasteiger partial charge in [-0.05, 0) is 34.7 Å². The van der Waals surface area contributed by atoms with Gasteiger partial charge in [-0.1, -0.05) is 42.5 Å². The quantitative estimate of drug-likeness (QED) is 0.719. The predicted octanol–water partition coefficient (Wildman–Crippen LogP) is 3.46. The number of primary sulfonamides is 1. The Morgan fingerprint density at radius 2 is 1.68 bits per heavy atom. The summed E-state index contributed by atoms with van der Waals surface area (Å²) in [5, 5.41) is 9.74. The Balaban J connectivity index is 1.76. The van der Waals surface area contributed by atoms with E-state index in [0.29, 0.717) is 16.1 Å². The number of nitrogens with one attached hydrogen (secondary N) is 1. The monoisotopic (exact) mass is 372 g/mol. The van der Waals surface area contributed by atoms with E-state index >= 15 is 0 Å². The molecule has 0 unspecified atom stereocenters. The van der Waals surface area contributed by atoms with Crippen molar-refractivity contribution < 1.29 is 13.2 Å². The van der Waals surface area contributed by atoms with Crippen molar-refractivity contribution in [1.29, 1.82) is 0 Å². The second-order valence-corrected chi connectivity index (χ2v) is 8.02. The first-order valence-corrected chi connectivity index (χ1v) is 10.1. The summed E-state index contributed by atoms with van der Waals surface area (Å²) in [5.41, 5.74) is 3.03. The number of thiophene rings is 1. The third-order valence-electron chi connectivity index (χ3n) is 3.54. The molecule has 3 rings (SSSR count). The van der Waals surface area contributed by atoms with Crippen LogP contribution in [0.1, 0.15) is 15.2 Å². The molecule has 0 saturated carbocycles. The summed E-state index contributed by atoms with van der Waals surface area (Å²) in [6, 6.07) is 18.2. The number of carbonyl (C=O) groups is 1. The van der Waals surface area contributed by atoms with Gasteiger partial charge in [0.1, 0.15) is 0 Å². The SMILES string of the molecule is NS(=O)(=O)Cc1ccc(NC(=O)c2sccc2-c2ccccc2)cc1. The van der Waals surface area contributed by atoms with Gasteiger partial charge in [0.25, 0.3) is 5.91 Å². The van der Waals surface area contributed by atoms with E-state index in [1.165, 1.54) is 11.3 Å². The molecule has 0 aliphatic heterocycles. The maximum atomic E-state index is 12.6. The van der Waals surface area contributed by atoms with Crippen LogP contribution in [0.15, 0.2) is 66.0 Å². The summed E-state index contributed by atoms with van der Waals surface area (Å²) in [6.07, 6.45) is 0. The number of carbonyl (C=O) groups excluding carboxylic acids is 1. The fourth-order valence-corrected chi connectivity index (χ4v) is 3.90. The van der Waals surface area contributed by atoms with Crippen LogP contribution < -0.4 is 10.5 Å². The third-order valence-corrected chi connectivity index (χ3v) is 5.18. The number of sulfonamides is 1. The van der Waals surface area contributed by atoms with E-state index in [0.717, 1.165) is 11.1 Å². The van der Waals surface area contributed by atoms with Crippen LogP contribution in [0.25, 0.3) is 11.1 Å². The molecule has 3 aromatic rings. The molecule has 1 heterocycles. The smallest absolute Gasteiger partial charge is 0.266 e. The lowest BCUT2D eigenvalue weighted by Crippen LogP contribution is -2.14. The lowest BCUT2D eigenvalue weighted by atomic mass is 10.1. The van der Waals surface area contributed by atoms with Gasteiger partial charge < -0.3 is 5.32 Å². The van der Waals surface area contributed by atoms with Crippen molar-refractivity contribution in [2.75, 3.05) is 5.32 Å². The highest BCUT2D eigenvalue weighted by atomic mass is 32.2. The standard InChI is InChI=1S/C18H16N2O3S2/c19-25(22,23)12-13-6-8-15(9-7-13)20-18(21)17-16(10-11-24-17)14-4-2-1-3-5-14/h1-11H,12H2,(H,20,21)(H2,19,22,23). The molecule has 0 saturated heterocycles. The molecule has 0 aliphatic rings. The van der Waals surface area contributed by atoms with E-state index in [1.807, 2.05) is 41.8 Å². The Kier molecular flexibility index (Phi) is 4.98. The minimum absolute atomic E-state index is 0.201. The fourth-order valence-electron chi connectivity index (χ4n) is 2.43. The van der Waals surface area contributed by atoms with Crippen LogP contribution in [0.4, 0.5) is 5.69 Å². The first kappa shape index (κ1) is 17.3. The zero-order chi connectivity index (χ0) is 17.9. The molecule has 0 bridgehead atoms. The summed E-state index contributed by atoms with van der Waals surface area (Å²) in [7, 11) is -3.57. The normalized spacial score (nSPS) is 11.2. The summed E-state index contributed by atoms with van der Waals surface area (Å²) in [4.78, 5) is 13.2. The van der Waals surface area contributed by atoms with Crippen LogP contribution in [0, 0.1) is 0 Å².